The largest absolute Gasteiger partial charge is 0.465 e. The number of rotatable bonds is 6. The third-order valence-corrected chi connectivity index (χ3v) is 4.36. The Morgan fingerprint density at radius 3 is 3.10 bits per heavy atom. The van der Waals surface area contributed by atoms with E-state index in [2.05, 4.69) is 21.7 Å². The standard InChI is InChI=1S/C15H18N2O2S/c1-11-4-5-12(19-11)9-17-10-14(17)15(18)16-7-6-13-3-2-8-20-13/h2-5,8,14H,6-7,9-10H2,1H3,(H,16,18). The van der Waals surface area contributed by atoms with Crippen LogP contribution in [0.2, 0.25) is 0 Å². The van der Waals surface area contributed by atoms with Crippen LogP contribution < -0.4 is 5.32 Å². The van der Waals surface area contributed by atoms with Crippen molar-refractivity contribution in [1.29, 1.82) is 0 Å². The number of carbonyl (C=O) groups excluding carboxylic acids is 1. The molecular formula is C15H18N2O2S. The number of hydrogen-bond acceptors (Lipinski definition) is 4. The molecule has 1 N–H and O–H groups in total. The molecule has 0 spiro atoms. The maximum Gasteiger partial charge on any atom is 0.238 e. The van der Waals surface area contributed by atoms with Crippen molar-refractivity contribution in [3.63, 3.8) is 0 Å². The van der Waals surface area contributed by atoms with E-state index >= 15 is 0 Å². The van der Waals surface area contributed by atoms with Crippen molar-refractivity contribution in [1.82, 2.24) is 10.2 Å². The third kappa shape index (κ3) is 3.29. The number of furan rings is 1. The monoisotopic (exact) mass is 290 g/mol. The summed E-state index contributed by atoms with van der Waals surface area (Å²) in [6, 6.07) is 8.08. The van der Waals surface area contributed by atoms with Gasteiger partial charge in [-0.05, 0) is 36.9 Å². The van der Waals surface area contributed by atoms with Gasteiger partial charge in [0.1, 0.15) is 17.6 Å². The van der Waals surface area contributed by atoms with Gasteiger partial charge in [0.2, 0.25) is 5.91 Å². The van der Waals surface area contributed by atoms with Crippen LogP contribution in [0.25, 0.3) is 0 Å². The lowest BCUT2D eigenvalue weighted by Crippen LogP contribution is -2.31. The number of hydrogen-bond donors (Lipinski definition) is 1. The molecule has 20 heavy (non-hydrogen) atoms. The Kier molecular flexibility index (Phi) is 3.89. The van der Waals surface area contributed by atoms with Crippen LogP contribution in [0.5, 0.6) is 0 Å². The van der Waals surface area contributed by atoms with Crippen molar-refractivity contribution >= 4 is 17.2 Å². The number of thiophene rings is 1. The molecule has 1 saturated heterocycles. The van der Waals surface area contributed by atoms with Crippen LogP contribution >= 0.6 is 11.3 Å². The fraction of sp³-hybridized carbons (Fsp3) is 0.400. The molecule has 2 aromatic heterocycles. The minimum atomic E-state index is 0.0174. The number of nitrogens with one attached hydrogen (secondary N) is 1. The van der Waals surface area contributed by atoms with Crippen LogP contribution in [-0.2, 0) is 17.8 Å². The molecule has 2 aromatic rings. The van der Waals surface area contributed by atoms with E-state index in [-0.39, 0.29) is 11.9 Å². The van der Waals surface area contributed by atoms with E-state index in [4.69, 9.17) is 4.42 Å². The van der Waals surface area contributed by atoms with Gasteiger partial charge in [-0.1, -0.05) is 6.07 Å². The smallest absolute Gasteiger partial charge is 0.238 e. The molecule has 106 valence electrons. The molecule has 1 amide bonds. The van der Waals surface area contributed by atoms with Gasteiger partial charge >= 0.3 is 0 Å². The van der Waals surface area contributed by atoms with E-state index in [1.54, 1.807) is 11.3 Å². The molecule has 0 radical (unpaired) electrons. The second kappa shape index (κ2) is 5.81. The first kappa shape index (κ1) is 13.4. The van der Waals surface area contributed by atoms with Gasteiger partial charge in [-0.25, -0.2) is 0 Å². The zero-order chi connectivity index (χ0) is 13.9. The highest BCUT2D eigenvalue weighted by Gasteiger charge is 2.40. The SMILES string of the molecule is Cc1ccc(CN2CC2C(=O)NCCc2cccs2)o1. The van der Waals surface area contributed by atoms with Crippen LogP contribution in [0.3, 0.4) is 0 Å². The van der Waals surface area contributed by atoms with Gasteiger partial charge in [0.15, 0.2) is 0 Å². The zero-order valence-corrected chi connectivity index (χ0v) is 12.3. The van der Waals surface area contributed by atoms with Gasteiger partial charge in [-0.15, -0.1) is 11.3 Å². The first-order chi connectivity index (χ1) is 9.72. The number of amides is 1. The Labute approximate surface area is 122 Å². The van der Waals surface area contributed by atoms with E-state index in [9.17, 15) is 4.79 Å². The summed E-state index contributed by atoms with van der Waals surface area (Å²) in [5.74, 6) is 1.97. The van der Waals surface area contributed by atoms with E-state index in [0.29, 0.717) is 6.54 Å². The molecule has 0 aromatic carbocycles. The van der Waals surface area contributed by atoms with Crippen molar-refractivity contribution in [2.45, 2.75) is 25.9 Å². The highest BCUT2D eigenvalue weighted by Crippen LogP contribution is 2.22. The number of carbonyl (C=O) groups is 1. The molecule has 5 heteroatoms. The molecule has 1 fully saturated rings. The zero-order valence-electron chi connectivity index (χ0n) is 11.5. The summed E-state index contributed by atoms with van der Waals surface area (Å²) in [6.07, 6.45) is 0.910. The van der Waals surface area contributed by atoms with Crippen molar-refractivity contribution in [2.75, 3.05) is 13.1 Å². The van der Waals surface area contributed by atoms with Crippen molar-refractivity contribution in [2.24, 2.45) is 0 Å². The molecule has 4 nitrogen and oxygen atoms in total. The predicted octanol–water partition coefficient (Wildman–Crippen LogP) is 2.19. The average molecular weight is 290 g/mol. The van der Waals surface area contributed by atoms with Gasteiger partial charge in [0.05, 0.1) is 6.54 Å². The minimum Gasteiger partial charge on any atom is -0.465 e. The van der Waals surface area contributed by atoms with Crippen molar-refractivity contribution in [3.8, 4) is 0 Å². The minimum absolute atomic E-state index is 0.0174. The summed E-state index contributed by atoms with van der Waals surface area (Å²) >= 11 is 1.73. The van der Waals surface area contributed by atoms with Gasteiger partial charge in [0, 0.05) is 18.0 Å². The summed E-state index contributed by atoms with van der Waals surface area (Å²) in [7, 11) is 0. The van der Waals surface area contributed by atoms with Gasteiger partial charge < -0.3 is 9.73 Å². The molecule has 3 rings (SSSR count). The van der Waals surface area contributed by atoms with Gasteiger partial charge in [0.25, 0.3) is 0 Å². The van der Waals surface area contributed by atoms with Gasteiger partial charge in [-0.3, -0.25) is 9.69 Å². The molecule has 1 aliphatic heterocycles. The fourth-order valence-corrected chi connectivity index (χ4v) is 2.96. The Hall–Kier alpha value is -1.59. The van der Waals surface area contributed by atoms with E-state index < -0.39 is 0 Å². The lowest BCUT2D eigenvalue weighted by Gasteiger charge is -2.04. The Morgan fingerprint density at radius 2 is 2.40 bits per heavy atom. The van der Waals surface area contributed by atoms with Crippen LogP contribution in [0.1, 0.15) is 16.4 Å². The lowest BCUT2D eigenvalue weighted by molar-refractivity contribution is -0.121. The predicted molar refractivity (Wildman–Crippen MR) is 78.7 cm³/mol. The van der Waals surface area contributed by atoms with E-state index in [1.807, 2.05) is 25.1 Å². The molecule has 1 aliphatic rings. The van der Waals surface area contributed by atoms with Crippen LogP contribution in [-0.4, -0.2) is 29.9 Å². The summed E-state index contributed by atoms with van der Waals surface area (Å²) in [6.45, 7) is 4.19. The topological polar surface area (TPSA) is 45.2 Å². The second-order valence-electron chi connectivity index (χ2n) is 5.08. The second-order valence-corrected chi connectivity index (χ2v) is 6.11. The first-order valence-corrected chi connectivity index (χ1v) is 7.70. The molecule has 0 bridgehead atoms. The molecule has 0 aliphatic carbocycles. The maximum atomic E-state index is 12.0. The summed E-state index contributed by atoms with van der Waals surface area (Å²) < 4.78 is 5.52. The Balaban J connectivity index is 1.39. The summed E-state index contributed by atoms with van der Waals surface area (Å²) in [4.78, 5) is 15.4. The molecule has 2 unspecified atom stereocenters. The van der Waals surface area contributed by atoms with E-state index in [1.165, 1.54) is 4.88 Å². The average Bonchev–Trinajstić information content (AvgIpc) is 2.82. The lowest BCUT2D eigenvalue weighted by atomic mass is 10.3. The number of aryl methyl sites for hydroxylation is 1. The Morgan fingerprint density at radius 1 is 1.50 bits per heavy atom. The first-order valence-electron chi connectivity index (χ1n) is 6.82. The van der Waals surface area contributed by atoms with Crippen LogP contribution in [0, 0.1) is 6.92 Å². The fourth-order valence-electron chi connectivity index (χ4n) is 2.25. The van der Waals surface area contributed by atoms with Crippen LogP contribution in [0.15, 0.2) is 34.1 Å². The molecule has 0 saturated carbocycles. The normalized spacial score (nSPS) is 20.9. The molecular weight excluding hydrogens is 272 g/mol. The number of nitrogens with zero attached hydrogens (tertiary/aromatic N) is 1. The molecule has 2 atom stereocenters. The molecule has 3 heterocycles. The maximum absolute atomic E-state index is 12.0. The van der Waals surface area contributed by atoms with Gasteiger partial charge in [-0.2, -0.15) is 0 Å². The van der Waals surface area contributed by atoms with Crippen molar-refractivity contribution < 1.29 is 9.21 Å². The Bertz CT molecular complexity index is 576. The third-order valence-electron chi connectivity index (χ3n) is 3.42. The van der Waals surface area contributed by atoms with Crippen LogP contribution in [0.4, 0.5) is 0 Å². The highest BCUT2D eigenvalue weighted by molar-refractivity contribution is 7.09. The van der Waals surface area contributed by atoms with Crippen molar-refractivity contribution in [3.05, 3.63) is 46.0 Å². The summed E-state index contributed by atoms with van der Waals surface area (Å²) in [5.41, 5.74) is 0. The highest BCUT2D eigenvalue weighted by atomic mass is 32.1. The quantitative estimate of drug-likeness (QED) is 0.830. The summed E-state index contributed by atoms with van der Waals surface area (Å²) in [5, 5.41) is 5.06. The van der Waals surface area contributed by atoms with E-state index in [0.717, 1.165) is 31.0 Å².